The van der Waals surface area contributed by atoms with E-state index in [1.807, 2.05) is 6.07 Å². The van der Waals surface area contributed by atoms with Gasteiger partial charge in [-0.3, -0.25) is 9.69 Å². The van der Waals surface area contributed by atoms with Gasteiger partial charge in [-0.1, -0.05) is 30.3 Å². The molecule has 0 N–H and O–H groups in total. The molecule has 1 aromatic carbocycles. The monoisotopic (exact) mass is 261 g/mol. The van der Waals surface area contributed by atoms with E-state index in [2.05, 4.69) is 43.0 Å². The molecule has 104 valence electrons. The van der Waals surface area contributed by atoms with Gasteiger partial charge in [-0.25, -0.2) is 0 Å². The number of hydrogen-bond acceptors (Lipinski definition) is 3. The number of esters is 1. The number of piperidine rings is 1. The third-order valence-corrected chi connectivity index (χ3v) is 4.32. The summed E-state index contributed by atoms with van der Waals surface area (Å²) < 4.78 is 4.93. The molecule has 0 radical (unpaired) electrons. The molecule has 0 amide bonds. The first kappa shape index (κ1) is 14.1. The van der Waals surface area contributed by atoms with Crippen LogP contribution < -0.4 is 0 Å². The van der Waals surface area contributed by atoms with Crippen molar-refractivity contribution in [2.24, 2.45) is 5.92 Å². The summed E-state index contributed by atoms with van der Waals surface area (Å²) in [7, 11) is 1.48. The van der Waals surface area contributed by atoms with Crippen molar-refractivity contribution < 1.29 is 9.53 Å². The summed E-state index contributed by atoms with van der Waals surface area (Å²) in [5.74, 6) is -0.0672. The SMILES string of the molecule is COC(=O)C1CCCN(C(C)c2ccccc2)C1C. The summed E-state index contributed by atoms with van der Waals surface area (Å²) >= 11 is 0. The molecule has 1 aliphatic heterocycles. The molecule has 0 aliphatic carbocycles. The number of methoxy groups -OCH3 is 1. The second-order valence-corrected chi connectivity index (χ2v) is 5.34. The van der Waals surface area contributed by atoms with Gasteiger partial charge in [0.25, 0.3) is 0 Å². The summed E-state index contributed by atoms with van der Waals surface area (Å²) in [6, 6.07) is 11.0. The van der Waals surface area contributed by atoms with Gasteiger partial charge in [0.2, 0.25) is 0 Å². The van der Waals surface area contributed by atoms with Gasteiger partial charge in [0.05, 0.1) is 13.0 Å². The Morgan fingerprint density at radius 2 is 2.05 bits per heavy atom. The van der Waals surface area contributed by atoms with Crippen LogP contribution in [0.15, 0.2) is 30.3 Å². The molecule has 1 saturated heterocycles. The minimum Gasteiger partial charge on any atom is -0.469 e. The fraction of sp³-hybridized carbons (Fsp3) is 0.562. The molecule has 0 saturated carbocycles. The van der Waals surface area contributed by atoms with Crippen LogP contribution in [0, 0.1) is 5.92 Å². The normalized spacial score (nSPS) is 25.8. The van der Waals surface area contributed by atoms with Crippen LogP contribution in [0.5, 0.6) is 0 Å². The lowest BCUT2D eigenvalue weighted by Crippen LogP contribution is -2.47. The zero-order valence-corrected chi connectivity index (χ0v) is 12.0. The largest absolute Gasteiger partial charge is 0.469 e. The van der Waals surface area contributed by atoms with Crippen LogP contribution in [0.2, 0.25) is 0 Å². The van der Waals surface area contributed by atoms with Gasteiger partial charge in [-0.05, 0) is 38.8 Å². The molecule has 3 nitrogen and oxygen atoms in total. The Kier molecular flexibility index (Phi) is 4.59. The van der Waals surface area contributed by atoms with E-state index in [0.717, 1.165) is 19.4 Å². The van der Waals surface area contributed by atoms with E-state index in [4.69, 9.17) is 4.74 Å². The highest BCUT2D eigenvalue weighted by Gasteiger charge is 2.35. The minimum absolute atomic E-state index is 0.00455. The first-order chi connectivity index (χ1) is 9.15. The number of likely N-dealkylation sites (tertiary alicyclic amines) is 1. The average Bonchev–Trinajstić information content (AvgIpc) is 2.47. The van der Waals surface area contributed by atoms with Crippen LogP contribution in [-0.2, 0) is 9.53 Å². The predicted molar refractivity (Wildman–Crippen MR) is 75.8 cm³/mol. The number of nitrogens with zero attached hydrogens (tertiary/aromatic N) is 1. The number of carbonyl (C=O) groups is 1. The van der Waals surface area contributed by atoms with Gasteiger partial charge in [-0.15, -0.1) is 0 Å². The molecular formula is C16H23NO2. The molecule has 3 heteroatoms. The van der Waals surface area contributed by atoms with Gasteiger partial charge < -0.3 is 4.74 Å². The van der Waals surface area contributed by atoms with E-state index < -0.39 is 0 Å². The first-order valence-electron chi connectivity index (χ1n) is 7.03. The molecule has 1 aliphatic rings. The Hall–Kier alpha value is -1.35. The number of hydrogen-bond donors (Lipinski definition) is 0. The maximum Gasteiger partial charge on any atom is 0.310 e. The van der Waals surface area contributed by atoms with Gasteiger partial charge in [0.15, 0.2) is 0 Å². The Labute approximate surface area is 115 Å². The van der Waals surface area contributed by atoms with Gasteiger partial charge in [-0.2, -0.15) is 0 Å². The summed E-state index contributed by atoms with van der Waals surface area (Å²) in [4.78, 5) is 14.3. The Bertz CT molecular complexity index is 418. The lowest BCUT2D eigenvalue weighted by molar-refractivity contribution is -0.150. The second kappa shape index (κ2) is 6.20. The fourth-order valence-electron chi connectivity index (χ4n) is 3.11. The minimum atomic E-state index is -0.0718. The average molecular weight is 261 g/mol. The van der Waals surface area contributed by atoms with Crippen molar-refractivity contribution in [3.8, 4) is 0 Å². The van der Waals surface area contributed by atoms with Gasteiger partial charge in [0, 0.05) is 12.1 Å². The van der Waals surface area contributed by atoms with Crippen molar-refractivity contribution in [2.75, 3.05) is 13.7 Å². The van der Waals surface area contributed by atoms with Crippen LogP contribution in [0.1, 0.15) is 38.3 Å². The lowest BCUT2D eigenvalue weighted by Gasteiger charge is -2.41. The molecule has 19 heavy (non-hydrogen) atoms. The van der Waals surface area contributed by atoms with Crippen LogP contribution >= 0.6 is 0 Å². The molecule has 0 spiro atoms. The van der Waals surface area contributed by atoms with Crippen LogP contribution in [0.4, 0.5) is 0 Å². The summed E-state index contributed by atoms with van der Waals surface area (Å²) in [6.45, 7) is 5.40. The number of ether oxygens (including phenoxy) is 1. The van der Waals surface area contributed by atoms with E-state index in [0.29, 0.717) is 6.04 Å². The molecular weight excluding hydrogens is 238 g/mol. The van der Waals surface area contributed by atoms with Gasteiger partial charge >= 0.3 is 5.97 Å². The molecule has 0 bridgehead atoms. The first-order valence-corrected chi connectivity index (χ1v) is 7.03. The fourth-order valence-corrected chi connectivity index (χ4v) is 3.11. The molecule has 1 aromatic rings. The second-order valence-electron chi connectivity index (χ2n) is 5.34. The Morgan fingerprint density at radius 3 is 2.68 bits per heavy atom. The van der Waals surface area contributed by atoms with Crippen molar-refractivity contribution in [1.29, 1.82) is 0 Å². The van der Waals surface area contributed by atoms with Crippen molar-refractivity contribution in [3.63, 3.8) is 0 Å². The van der Waals surface area contributed by atoms with E-state index in [-0.39, 0.29) is 17.9 Å². The lowest BCUT2D eigenvalue weighted by atomic mass is 9.88. The predicted octanol–water partition coefficient (Wildman–Crippen LogP) is 3.02. The van der Waals surface area contributed by atoms with Gasteiger partial charge in [0.1, 0.15) is 0 Å². The molecule has 3 unspecified atom stereocenters. The highest BCUT2D eigenvalue weighted by molar-refractivity contribution is 5.73. The Morgan fingerprint density at radius 1 is 1.37 bits per heavy atom. The van der Waals surface area contributed by atoms with Crippen LogP contribution in [0.25, 0.3) is 0 Å². The number of rotatable bonds is 3. The zero-order chi connectivity index (χ0) is 13.8. The van der Waals surface area contributed by atoms with Crippen LogP contribution in [0.3, 0.4) is 0 Å². The quantitative estimate of drug-likeness (QED) is 0.783. The molecule has 1 fully saturated rings. The molecule has 3 atom stereocenters. The maximum absolute atomic E-state index is 11.8. The summed E-state index contributed by atoms with van der Waals surface area (Å²) in [5, 5.41) is 0. The third-order valence-electron chi connectivity index (χ3n) is 4.32. The standard InChI is InChI=1S/C16H23NO2/c1-12(14-8-5-4-6-9-14)17-11-7-10-15(13(17)2)16(18)19-3/h4-6,8-9,12-13,15H,7,10-11H2,1-3H3. The number of carbonyl (C=O) groups excluding carboxylic acids is 1. The van der Waals surface area contributed by atoms with E-state index >= 15 is 0 Å². The van der Waals surface area contributed by atoms with Crippen molar-refractivity contribution in [3.05, 3.63) is 35.9 Å². The maximum atomic E-state index is 11.8. The van der Waals surface area contributed by atoms with Crippen LogP contribution in [-0.4, -0.2) is 30.6 Å². The Balaban J connectivity index is 2.13. The highest BCUT2D eigenvalue weighted by atomic mass is 16.5. The van der Waals surface area contributed by atoms with Crippen molar-refractivity contribution in [1.82, 2.24) is 4.90 Å². The van der Waals surface area contributed by atoms with E-state index in [1.54, 1.807) is 0 Å². The summed E-state index contributed by atoms with van der Waals surface area (Å²) in [6.07, 6.45) is 1.99. The summed E-state index contributed by atoms with van der Waals surface area (Å²) in [5.41, 5.74) is 1.31. The van der Waals surface area contributed by atoms with E-state index in [1.165, 1.54) is 12.7 Å². The third kappa shape index (κ3) is 2.98. The number of benzene rings is 1. The zero-order valence-electron chi connectivity index (χ0n) is 12.0. The molecule has 2 rings (SSSR count). The van der Waals surface area contributed by atoms with Crippen molar-refractivity contribution >= 4 is 5.97 Å². The smallest absolute Gasteiger partial charge is 0.310 e. The highest BCUT2D eigenvalue weighted by Crippen LogP contribution is 2.31. The van der Waals surface area contributed by atoms with E-state index in [9.17, 15) is 4.79 Å². The molecule has 1 heterocycles. The topological polar surface area (TPSA) is 29.5 Å². The van der Waals surface area contributed by atoms with Crippen molar-refractivity contribution in [2.45, 2.75) is 38.8 Å². The molecule has 0 aromatic heterocycles.